The lowest BCUT2D eigenvalue weighted by Gasteiger charge is -2.40. The van der Waals surface area contributed by atoms with Crippen LogP contribution >= 0.6 is 11.3 Å². The molecular formula is C20H19N5O2S. The summed E-state index contributed by atoms with van der Waals surface area (Å²) in [7, 11) is 0. The molecule has 7 nitrogen and oxygen atoms in total. The molecule has 28 heavy (non-hydrogen) atoms. The predicted octanol–water partition coefficient (Wildman–Crippen LogP) is 3.68. The fourth-order valence-corrected chi connectivity index (χ4v) is 4.08. The predicted molar refractivity (Wildman–Crippen MR) is 110 cm³/mol. The largest absolute Gasteiger partial charge is 0.330 e. The van der Waals surface area contributed by atoms with E-state index in [-0.39, 0.29) is 17.9 Å². The molecule has 0 unspecified atom stereocenters. The highest BCUT2D eigenvalue weighted by atomic mass is 32.1. The molecule has 2 aromatic heterocycles. The number of carbonyl (C=O) groups excluding carboxylic acids is 2. The Labute approximate surface area is 166 Å². The minimum Gasteiger partial charge on any atom is -0.330 e. The zero-order valence-corrected chi connectivity index (χ0v) is 16.3. The van der Waals surface area contributed by atoms with Gasteiger partial charge in [0.15, 0.2) is 5.13 Å². The molecule has 3 aromatic rings. The van der Waals surface area contributed by atoms with E-state index in [2.05, 4.69) is 15.3 Å². The first-order valence-electron chi connectivity index (χ1n) is 8.88. The lowest BCUT2D eigenvalue weighted by Crippen LogP contribution is -2.51. The zero-order chi connectivity index (χ0) is 19.7. The second-order valence-electron chi connectivity index (χ2n) is 6.55. The number of hydrogen-bond donors (Lipinski definition) is 1. The molecule has 0 spiro atoms. The van der Waals surface area contributed by atoms with E-state index in [4.69, 9.17) is 0 Å². The van der Waals surface area contributed by atoms with Gasteiger partial charge in [0.1, 0.15) is 5.69 Å². The molecule has 0 radical (unpaired) electrons. The van der Waals surface area contributed by atoms with E-state index in [0.717, 1.165) is 17.1 Å². The van der Waals surface area contributed by atoms with Gasteiger partial charge in [-0.25, -0.2) is 4.98 Å². The molecule has 3 heterocycles. The Morgan fingerprint density at radius 2 is 1.96 bits per heavy atom. The molecular weight excluding hydrogens is 374 g/mol. The third-order valence-electron chi connectivity index (χ3n) is 4.54. The lowest BCUT2D eigenvalue weighted by atomic mass is 10.1. The maximum atomic E-state index is 13.2. The number of anilines is 4. The fourth-order valence-electron chi connectivity index (χ4n) is 3.38. The van der Waals surface area contributed by atoms with E-state index >= 15 is 0 Å². The molecule has 0 saturated carbocycles. The van der Waals surface area contributed by atoms with Gasteiger partial charge in [-0.3, -0.25) is 14.6 Å². The smallest absolute Gasteiger partial charge is 0.277 e. The van der Waals surface area contributed by atoms with Crippen molar-refractivity contribution in [2.24, 2.45) is 0 Å². The molecule has 0 saturated heterocycles. The van der Waals surface area contributed by atoms with Crippen molar-refractivity contribution in [1.29, 1.82) is 0 Å². The van der Waals surface area contributed by atoms with E-state index < -0.39 is 0 Å². The Hall–Kier alpha value is -3.26. The number of para-hydroxylation sites is 2. The van der Waals surface area contributed by atoms with Crippen molar-refractivity contribution in [1.82, 2.24) is 9.97 Å². The van der Waals surface area contributed by atoms with Crippen molar-refractivity contribution >= 4 is 45.3 Å². The van der Waals surface area contributed by atoms with Crippen molar-refractivity contribution in [3.63, 3.8) is 0 Å². The van der Waals surface area contributed by atoms with E-state index in [1.165, 1.54) is 11.3 Å². The van der Waals surface area contributed by atoms with Gasteiger partial charge in [0, 0.05) is 25.0 Å². The number of rotatable bonds is 3. The number of aromatic nitrogens is 2. The monoisotopic (exact) mass is 393 g/mol. The van der Waals surface area contributed by atoms with E-state index in [0.29, 0.717) is 17.4 Å². The topological polar surface area (TPSA) is 78.4 Å². The minimum atomic E-state index is -0.182. The average molecular weight is 393 g/mol. The van der Waals surface area contributed by atoms with Gasteiger partial charge in [-0.05, 0) is 31.2 Å². The van der Waals surface area contributed by atoms with Crippen LogP contribution in [0.5, 0.6) is 0 Å². The first-order chi connectivity index (χ1) is 13.5. The number of benzene rings is 1. The Balaban J connectivity index is 1.61. The van der Waals surface area contributed by atoms with Gasteiger partial charge in [0.05, 0.1) is 29.3 Å². The van der Waals surface area contributed by atoms with Gasteiger partial charge < -0.3 is 15.1 Å². The number of thiazole rings is 1. The van der Waals surface area contributed by atoms with Crippen LogP contribution in [0.3, 0.4) is 0 Å². The summed E-state index contributed by atoms with van der Waals surface area (Å²) < 4.78 is 0. The summed E-state index contributed by atoms with van der Waals surface area (Å²) in [5.41, 5.74) is 2.64. The van der Waals surface area contributed by atoms with Crippen LogP contribution in [0, 0.1) is 0 Å². The summed E-state index contributed by atoms with van der Waals surface area (Å²) in [6.45, 7) is 3.90. The molecule has 142 valence electrons. The highest BCUT2D eigenvalue weighted by molar-refractivity contribution is 7.14. The second kappa shape index (κ2) is 7.40. The van der Waals surface area contributed by atoms with Gasteiger partial charge >= 0.3 is 0 Å². The molecule has 1 N–H and O–H groups in total. The number of nitrogens with one attached hydrogen (secondary N) is 1. The van der Waals surface area contributed by atoms with Gasteiger partial charge in [-0.1, -0.05) is 12.1 Å². The highest BCUT2D eigenvalue weighted by Gasteiger charge is 2.34. The van der Waals surface area contributed by atoms with Crippen LogP contribution in [0.1, 0.15) is 24.3 Å². The van der Waals surface area contributed by atoms with Crippen LogP contribution in [0.4, 0.5) is 22.2 Å². The van der Waals surface area contributed by atoms with Crippen LogP contribution < -0.4 is 15.1 Å². The Kier molecular flexibility index (Phi) is 4.79. The first-order valence-corrected chi connectivity index (χ1v) is 9.76. The highest BCUT2D eigenvalue weighted by Crippen LogP contribution is 2.36. The maximum absolute atomic E-state index is 13.2. The summed E-state index contributed by atoms with van der Waals surface area (Å²) in [5.74, 6) is -0.221. The fraction of sp³-hybridized carbons (Fsp3) is 0.200. The van der Waals surface area contributed by atoms with E-state index in [1.807, 2.05) is 43.3 Å². The van der Waals surface area contributed by atoms with Crippen molar-refractivity contribution in [2.45, 2.75) is 19.9 Å². The third kappa shape index (κ3) is 3.34. The van der Waals surface area contributed by atoms with Gasteiger partial charge in [-0.2, -0.15) is 0 Å². The third-order valence-corrected chi connectivity index (χ3v) is 5.30. The van der Waals surface area contributed by atoms with Crippen LogP contribution in [0.2, 0.25) is 0 Å². The summed E-state index contributed by atoms with van der Waals surface area (Å²) in [6.07, 6.45) is 3.39. The van der Waals surface area contributed by atoms with E-state index in [1.54, 1.807) is 34.5 Å². The molecule has 0 fully saturated rings. The van der Waals surface area contributed by atoms with Gasteiger partial charge in [0.2, 0.25) is 5.91 Å². The standard InChI is InChI=1S/C20H19N5O2S/c1-13-11-24(17-7-3-4-8-18(17)25(13)14(2)26)19(27)16-12-28-20(23-16)22-15-6-5-9-21-10-15/h3-10,12-13H,11H2,1-2H3,(H,22,23)/t13-/m0/s1. The summed E-state index contributed by atoms with van der Waals surface area (Å²) >= 11 is 1.36. The lowest BCUT2D eigenvalue weighted by molar-refractivity contribution is -0.117. The van der Waals surface area contributed by atoms with Crippen molar-refractivity contribution in [3.05, 3.63) is 59.9 Å². The van der Waals surface area contributed by atoms with Gasteiger partial charge in [0.25, 0.3) is 5.91 Å². The molecule has 1 aliphatic heterocycles. The molecule has 4 rings (SSSR count). The Bertz CT molecular complexity index is 1020. The molecule has 1 atom stereocenters. The van der Waals surface area contributed by atoms with Crippen molar-refractivity contribution < 1.29 is 9.59 Å². The number of pyridine rings is 1. The second-order valence-corrected chi connectivity index (χ2v) is 7.41. The molecule has 1 aliphatic rings. The quantitative estimate of drug-likeness (QED) is 0.734. The average Bonchev–Trinajstić information content (AvgIpc) is 3.15. The van der Waals surface area contributed by atoms with Crippen LogP contribution in [-0.4, -0.2) is 34.4 Å². The van der Waals surface area contributed by atoms with E-state index in [9.17, 15) is 9.59 Å². The molecule has 2 amide bonds. The van der Waals surface area contributed by atoms with Crippen LogP contribution in [0.15, 0.2) is 54.2 Å². The van der Waals surface area contributed by atoms with Crippen molar-refractivity contribution in [2.75, 3.05) is 21.7 Å². The molecule has 1 aromatic carbocycles. The molecule has 0 aliphatic carbocycles. The minimum absolute atomic E-state index is 0.0383. The summed E-state index contributed by atoms with van der Waals surface area (Å²) in [6, 6.07) is 11.0. The SMILES string of the molecule is CC(=O)N1c2ccccc2N(C(=O)c2csc(Nc3cccnc3)n2)C[C@@H]1C. The van der Waals surface area contributed by atoms with Crippen LogP contribution in [-0.2, 0) is 4.79 Å². The van der Waals surface area contributed by atoms with Crippen LogP contribution in [0.25, 0.3) is 0 Å². The first kappa shape index (κ1) is 18.1. The normalized spacial score (nSPS) is 15.9. The summed E-state index contributed by atoms with van der Waals surface area (Å²) in [5, 5.41) is 5.52. The number of carbonyl (C=O) groups is 2. The number of amides is 2. The Morgan fingerprint density at radius 1 is 1.18 bits per heavy atom. The maximum Gasteiger partial charge on any atom is 0.277 e. The van der Waals surface area contributed by atoms with Gasteiger partial charge in [-0.15, -0.1) is 11.3 Å². The number of fused-ring (bicyclic) bond motifs is 1. The molecule has 0 bridgehead atoms. The molecule has 8 heteroatoms. The number of hydrogen-bond acceptors (Lipinski definition) is 6. The van der Waals surface area contributed by atoms with Crippen molar-refractivity contribution in [3.8, 4) is 0 Å². The zero-order valence-electron chi connectivity index (χ0n) is 15.5. The Morgan fingerprint density at radius 3 is 2.68 bits per heavy atom. The number of nitrogens with zero attached hydrogens (tertiary/aromatic N) is 4. The summed E-state index contributed by atoms with van der Waals surface area (Å²) in [4.78, 5) is 37.2.